The molecule has 0 fully saturated rings. The largest absolute Gasteiger partial charge is 0.326 e. The summed E-state index contributed by atoms with van der Waals surface area (Å²) in [6.07, 6.45) is 4.61. The van der Waals surface area contributed by atoms with Gasteiger partial charge in [-0.05, 0) is 24.6 Å². The number of amides is 1. The number of aryl methyl sites for hydroxylation is 1. The van der Waals surface area contributed by atoms with Gasteiger partial charge >= 0.3 is 0 Å². The van der Waals surface area contributed by atoms with E-state index in [0.717, 1.165) is 18.1 Å². The highest BCUT2D eigenvalue weighted by atomic mass is 32.2. The molecule has 0 saturated carbocycles. The van der Waals surface area contributed by atoms with E-state index >= 15 is 0 Å². The van der Waals surface area contributed by atoms with Crippen molar-refractivity contribution in [2.75, 3.05) is 11.1 Å². The number of imidazole rings is 1. The number of fused-ring (bicyclic) bond motifs is 2. The molecule has 7 heteroatoms. The van der Waals surface area contributed by atoms with Crippen LogP contribution >= 0.6 is 11.8 Å². The van der Waals surface area contributed by atoms with Gasteiger partial charge in [0, 0.05) is 46.9 Å². The number of carbonyl (C=O) groups excluding carboxylic acids is 3. The van der Waals surface area contributed by atoms with Gasteiger partial charge in [-0.25, -0.2) is 4.98 Å². The number of nitrogens with one attached hydrogen (secondary N) is 1. The Kier molecular flexibility index (Phi) is 5.31. The summed E-state index contributed by atoms with van der Waals surface area (Å²) in [5.74, 6) is -0.377. The van der Waals surface area contributed by atoms with E-state index in [4.69, 9.17) is 0 Å². The van der Waals surface area contributed by atoms with Gasteiger partial charge < -0.3 is 9.88 Å². The Bertz CT molecular complexity index is 1120. The fraction of sp³-hybridized carbons (Fsp3) is 0.182. The van der Waals surface area contributed by atoms with Gasteiger partial charge in [-0.3, -0.25) is 14.4 Å². The number of nitrogens with zero attached hydrogens (tertiary/aromatic N) is 2. The number of aromatic nitrogens is 2. The predicted molar refractivity (Wildman–Crippen MR) is 112 cm³/mol. The van der Waals surface area contributed by atoms with Gasteiger partial charge in [0.15, 0.2) is 16.7 Å². The standard InChI is InChI=1S/C22H19N3O3S/c1-2-10-25-11-9-23-22(25)29-13-19(26)24-14-7-8-17-18(12-14)21(28)16-6-4-3-5-15(16)20(17)27/h3-9,11-12H,2,10,13H2,1H3,(H,24,26). The topological polar surface area (TPSA) is 81.1 Å². The van der Waals surface area contributed by atoms with Crippen LogP contribution in [0.2, 0.25) is 0 Å². The number of benzene rings is 2. The molecule has 0 bridgehead atoms. The number of ketones is 2. The highest BCUT2D eigenvalue weighted by Crippen LogP contribution is 2.29. The van der Waals surface area contributed by atoms with Crippen molar-refractivity contribution in [2.24, 2.45) is 0 Å². The summed E-state index contributed by atoms with van der Waals surface area (Å²) in [7, 11) is 0. The monoisotopic (exact) mass is 405 g/mol. The summed E-state index contributed by atoms with van der Waals surface area (Å²) in [6.45, 7) is 2.94. The summed E-state index contributed by atoms with van der Waals surface area (Å²) >= 11 is 1.36. The Labute approximate surface area is 172 Å². The maximum Gasteiger partial charge on any atom is 0.234 e. The Morgan fingerprint density at radius 3 is 2.45 bits per heavy atom. The second-order valence-electron chi connectivity index (χ2n) is 6.70. The number of hydrogen-bond donors (Lipinski definition) is 1. The lowest BCUT2D eigenvalue weighted by Gasteiger charge is -2.18. The van der Waals surface area contributed by atoms with Crippen molar-refractivity contribution in [2.45, 2.75) is 25.0 Å². The molecular weight excluding hydrogens is 386 g/mol. The zero-order chi connectivity index (χ0) is 20.4. The summed E-state index contributed by atoms with van der Waals surface area (Å²) in [5.41, 5.74) is 1.99. The summed E-state index contributed by atoms with van der Waals surface area (Å²) in [6, 6.07) is 11.6. The molecular formula is C22H19N3O3S. The van der Waals surface area contributed by atoms with Crippen molar-refractivity contribution in [1.82, 2.24) is 9.55 Å². The molecule has 0 saturated heterocycles. The van der Waals surface area contributed by atoms with Gasteiger partial charge in [0.25, 0.3) is 0 Å². The molecule has 2 aromatic carbocycles. The van der Waals surface area contributed by atoms with Crippen molar-refractivity contribution >= 4 is 34.9 Å². The zero-order valence-corrected chi connectivity index (χ0v) is 16.7. The number of carbonyl (C=O) groups is 3. The van der Waals surface area contributed by atoms with E-state index in [-0.39, 0.29) is 23.2 Å². The number of thioether (sulfide) groups is 1. The van der Waals surface area contributed by atoms with E-state index in [0.29, 0.717) is 27.9 Å². The Balaban J connectivity index is 1.48. The van der Waals surface area contributed by atoms with Crippen LogP contribution in [0.1, 0.15) is 45.2 Å². The van der Waals surface area contributed by atoms with Gasteiger partial charge in [-0.15, -0.1) is 0 Å². The van der Waals surface area contributed by atoms with Gasteiger partial charge in [-0.1, -0.05) is 43.0 Å². The molecule has 0 spiro atoms. The Hall–Kier alpha value is -3.19. The average Bonchev–Trinajstić information content (AvgIpc) is 3.18. The molecule has 1 N–H and O–H groups in total. The van der Waals surface area contributed by atoms with E-state index in [1.807, 2.05) is 10.8 Å². The van der Waals surface area contributed by atoms with Crippen LogP contribution in [0, 0.1) is 0 Å². The molecule has 0 radical (unpaired) electrons. The molecule has 0 aliphatic heterocycles. The highest BCUT2D eigenvalue weighted by molar-refractivity contribution is 7.99. The molecule has 0 atom stereocenters. The summed E-state index contributed by atoms with van der Waals surface area (Å²) in [4.78, 5) is 42.1. The minimum Gasteiger partial charge on any atom is -0.326 e. The normalized spacial score (nSPS) is 12.4. The third-order valence-electron chi connectivity index (χ3n) is 4.68. The maximum atomic E-state index is 12.8. The first-order valence-electron chi connectivity index (χ1n) is 9.34. The lowest BCUT2D eigenvalue weighted by molar-refractivity contribution is -0.113. The number of anilines is 1. The molecule has 1 amide bonds. The van der Waals surface area contributed by atoms with Crippen LogP contribution in [0.5, 0.6) is 0 Å². The minimum absolute atomic E-state index is 0.175. The quantitative estimate of drug-likeness (QED) is 0.494. The third kappa shape index (κ3) is 3.73. The SMILES string of the molecule is CCCn1ccnc1SCC(=O)Nc1ccc2c(c1)C(=O)c1ccccc1C2=O. The minimum atomic E-state index is -0.206. The first-order chi connectivity index (χ1) is 14.1. The average molecular weight is 405 g/mol. The van der Waals surface area contributed by atoms with Crippen molar-refractivity contribution in [3.63, 3.8) is 0 Å². The van der Waals surface area contributed by atoms with E-state index in [9.17, 15) is 14.4 Å². The third-order valence-corrected chi connectivity index (χ3v) is 5.69. The molecule has 3 aromatic rings. The number of hydrogen-bond acceptors (Lipinski definition) is 5. The Morgan fingerprint density at radius 2 is 1.72 bits per heavy atom. The molecule has 146 valence electrons. The fourth-order valence-corrected chi connectivity index (χ4v) is 4.14. The summed E-state index contributed by atoms with van der Waals surface area (Å²) in [5, 5.41) is 3.60. The second kappa shape index (κ2) is 8.05. The molecule has 1 aromatic heterocycles. The second-order valence-corrected chi connectivity index (χ2v) is 7.65. The van der Waals surface area contributed by atoms with Crippen LogP contribution in [0.15, 0.2) is 60.0 Å². The highest BCUT2D eigenvalue weighted by Gasteiger charge is 2.29. The smallest absolute Gasteiger partial charge is 0.234 e. The predicted octanol–water partition coefficient (Wildman–Crippen LogP) is 3.80. The van der Waals surface area contributed by atoms with E-state index < -0.39 is 0 Å². The molecule has 1 aliphatic carbocycles. The number of rotatable bonds is 6. The molecule has 6 nitrogen and oxygen atoms in total. The Morgan fingerprint density at radius 1 is 1.03 bits per heavy atom. The van der Waals surface area contributed by atoms with Crippen LogP contribution in [0.4, 0.5) is 5.69 Å². The lowest BCUT2D eigenvalue weighted by Crippen LogP contribution is -2.21. The fourth-order valence-electron chi connectivity index (χ4n) is 3.35. The molecule has 29 heavy (non-hydrogen) atoms. The van der Waals surface area contributed by atoms with Crippen molar-refractivity contribution in [1.29, 1.82) is 0 Å². The lowest BCUT2D eigenvalue weighted by atomic mass is 9.84. The summed E-state index contributed by atoms with van der Waals surface area (Å²) < 4.78 is 2.01. The molecule has 1 heterocycles. The van der Waals surface area contributed by atoms with Crippen LogP contribution in [0.25, 0.3) is 0 Å². The maximum absolute atomic E-state index is 12.8. The molecule has 0 unspecified atom stereocenters. The van der Waals surface area contributed by atoms with Gasteiger partial charge in [0.2, 0.25) is 5.91 Å². The van der Waals surface area contributed by atoms with Crippen molar-refractivity contribution < 1.29 is 14.4 Å². The van der Waals surface area contributed by atoms with Crippen LogP contribution in [0.3, 0.4) is 0 Å². The van der Waals surface area contributed by atoms with Crippen LogP contribution in [-0.2, 0) is 11.3 Å². The van der Waals surface area contributed by atoms with Crippen molar-refractivity contribution in [3.8, 4) is 0 Å². The van der Waals surface area contributed by atoms with Gasteiger partial charge in [0.1, 0.15) is 0 Å². The van der Waals surface area contributed by atoms with E-state index in [2.05, 4.69) is 17.2 Å². The zero-order valence-electron chi connectivity index (χ0n) is 15.8. The first-order valence-corrected chi connectivity index (χ1v) is 10.3. The first kappa shape index (κ1) is 19.1. The van der Waals surface area contributed by atoms with Crippen LogP contribution in [-0.4, -0.2) is 32.8 Å². The van der Waals surface area contributed by atoms with Crippen molar-refractivity contribution in [3.05, 3.63) is 77.1 Å². The molecule has 1 aliphatic rings. The van der Waals surface area contributed by atoms with E-state index in [1.54, 1.807) is 48.7 Å². The van der Waals surface area contributed by atoms with Crippen LogP contribution < -0.4 is 5.32 Å². The van der Waals surface area contributed by atoms with Gasteiger partial charge in [0.05, 0.1) is 5.75 Å². The van der Waals surface area contributed by atoms with E-state index in [1.165, 1.54) is 11.8 Å². The molecule has 4 rings (SSSR count). The van der Waals surface area contributed by atoms with Gasteiger partial charge in [-0.2, -0.15) is 0 Å².